The molecule has 0 spiro atoms. The van der Waals surface area contributed by atoms with Crippen molar-refractivity contribution < 1.29 is 24.3 Å². The summed E-state index contributed by atoms with van der Waals surface area (Å²) in [6.07, 6.45) is 10.7. The number of amides is 3. The van der Waals surface area contributed by atoms with Crippen molar-refractivity contribution in [1.82, 2.24) is 10.2 Å². The lowest BCUT2D eigenvalue weighted by Gasteiger charge is -2.29. The number of imide groups is 1. The average molecular weight is 458 g/mol. The molecule has 3 rings (SSSR count). The summed E-state index contributed by atoms with van der Waals surface area (Å²) in [7, 11) is 0. The van der Waals surface area contributed by atoms with Gasteiger partial charge < -0.3 is 15.3 Å². The van der Waals surface area contributed by atoms with Crippen LogP contribution in [0.3, 0.4) is 0 Å². The number of carboxylic acids is 1. The highest BCUT2D eigenvalue weighted by atomic mass is 16.4. The summed E-state index contributed by atoms with van der Waals surface area (Å²) in [6.45, 7) is 1.22. The third-order valence-corrected chi connectivity index (χ3v) is 6.46. The van der Waals surface area contributed by atoms with Crippen LogP contribution in [0.25, 0.3) is 0 Å². The highest BCUT2D eigenvalue weighted by Gasteiger charge is 2.39. The quantitative estimate of drug-likeness (QED) is 0.289. The van der Waals surface area contributed by atoms with Crippen molar-refractivity contribution >= 4 is 29.4 Å². The Balaban J connectivity index is 1.34. The van der Waals surface area contributed by atoms with Gasteiger partial charge in [-0.05, 0) is 31.4 Å². The lowest BCUT2D eigenvalue weighted by molar-refractivity contribution is -0.138. The summed E-state index contributed by atoms with van der Waals surface area (Å²) in [5.41, 5.74) is 2.50. The highest BCUT2D eigenvalue weighted by Crippen LogP contribution is 2.32. The van der Waals surface area contributed by atoms with Gasteiger partial charge in [0, 0.05) is 42.7 Å². The lowest BCUT2D eigenvalue weighted by atomic mass is 10.0. The Morgan fingerprint density at radius 2 is 1.67 bits per heavy atom. The first-order valence-corrected chi connectivity index (χ1v) is 12.2. The number of rotatable bonds is 14. The largest absolute Gasteiger partial charge is 0.481 e. The van der Waals surface area contributed by atoms with E-state index in [4.69, 9.17) is 5.11 Å². The molecule has 180 valence electrons. The standard InChI is InChI=1S/C25H35N3O5/c29-22-15-14-21(24(32)27-22)28-17-19-18(25(28)33)11-10-12-20(19)26-16-9-7-5-3-1-2-4-6-8-13-23(30)31/h10-12,21,26H,1-9,13-17H2,(H,30,31)(H,27,29,32). The first kappa shape index (κ1) is 24.7. The van der Waals surface area contributed by atoms with E-state index in [9.17, 15) is 19.2 Å². The first-order chi connectivity index (χ1) is 16.0. The van der Waals surface area contributed by atoms with Gasteiger partial charge in [-0.15, -0.1) is 0 Å². The van der Waals surface area contributed by atoms with Crippen molar-refractivity contribution in [2.75, 3.05) is 11.9 Å². The van der Waals surface area contributed by atoms with Crippen LogP contribution in [0.1, 0.15) is 93.0 Å². The Morgan fingerprint density at radius 3 is 2.33 bits per heavy atom. The highest BCUT2D eigenvalue weighted by molar-refractivity contribution is 6.06. The molecule has 3 N–H and O–H groups in total. The number of piperidine rings is 1. The molecular weight excluding hydrogens is 422 g/mol. The summed E-state index contributed by atoms with van der Waals surface area (Å²) in [5, 5.41) is 14.4. The van der Waals surface area contributed by atoms with E-state index in [0.717, 1.165) is 49.9 Å². The van der Waals surface area contributed by atoms with Crippen molar-refractivity contribution in [3.05, 3.63) is 29.3 Å². The van der Waals surface area contributed by atoms with E-state index in [0.29, 0.717) is 18.5 Å². The number of unbranched alkanes of at least 4 members (excludes halogenated alkanes) is 8. The van der Waals surface area contributed by atoms with E-state index in [1.165, 1.54) is 25.7 Å². The van der Waals surface area contributed by atoms with Crippen molar-refractivity contribution in [3.8, 4) is 0 Å². The molecule has 1 saturated heterocycles. The van der Waals surface area contributed by atoms with Gasteiger partial charge in [-0.25, -0.2) is 0 Å². The molecule has 0 aliphatic carbocycles. The van der Waals surface area contributed by atoms with Crippen LogP contribution in [0.5, 0.6) is 0 Å². The Labute approximate surface area is 195 Å². The number of fused-ring (bicyclic) bond motifs is 1. The molecule has 1 unspecified atom stereocenters. The minimum Gasteiger partial charge on any atom is -0.481 e. The number of anilines is 1. The SMILES string of the molecule is O=C(O)CCCCCCCCCCCNc1cccc2c1CN(C1CCC(=O)NC1=O)C2=O. The van der Waals surface area contributed by atoms with Gasteiger partial charge in [0.25, 0.3) is 5.91 Å². The number of carboxylic acid groups (broad SMARTS) is 1. The minimum atomic E-state index is -0.706. The van der Waals surface area contributed by atoms with Gasteiger partial charge >= 0.3 is 5.97 Å². The Hall–Kier alpha value is -2.90. The second kappa shape index (κ2) is 12.4. The zero-order valence-electron chi connectivity index (χ0n) is 19.2. The Bertz CT molecular complexity index is 870. The number of benzene rings is 1. The van der Waals surface area contributed by atoms with E-state index in [2.05, 4.69) is 10.6 Å². The third-order valence-electron chi connectivity index (χ3n) is 6.46. The number of aliphatic carboxylic acids is 1. The predicted molar refractivity (Wildman–Crippen MR) is 125 cm³/mol. The van der Waals surface area contributed by atoms with Crippen LogP contribution in [0.2, 0.25) is 0 Å². The van der Waals surface area contributed by atoms with Gasteiger partial charge in [0.1, 0.15) is 6.04 Å². The van der Waals surface area contributed by atoms with E-state index in [-0.39, 0.29) is 30.6 Å². The fourth-order valence-corrected chi connectivity index (χ4v) is 4.61. The van der Waals surface area contributed by atoms with Gasteiger partial charge in [-0.2, -0.15) is 0 Å². The molecule has 33 heavy (non-hydrogen) atoms. The number of hydrogen-bond acceptors (Lipinski definition) is 5. The molecule has 0 saturated carbocycles. The predicted octanol–water partition coefficient (Wildman–Crippen LogP) is 3.85. The van der Waals surface area contributed by atoms with E-state index < -0.39 is 12.0 Å². The molecule has 2 aliphatic heterocycles. The van der Waals surface area contributed by atoms with Gasteiger partial charge in [0.15, 0.2) is 0 Å². The fourth-order valence-electron chi connectivity index (χ4n) is 4.61. The molecule has 3 amide bonds. The number of carbonyl (C=O) groups excluding carboxylic acids is 3. The minimum absolute atomic E-state index is 0.147. The van der Waals surface area contributed by atoms with Crippen LogP contribution in [0.15, 0.2) is 18.2 Å². The van der Waals surface area contributed by atoms with Crippen LogP contribution >= 0.6 is 0 Å². The molecule has 1 aromatic carbocycles. The van der Waals surface area contributed by atoms with Crippen molar-refractivity contribution in [1.29, 1.82) is 0 Å². The van der Waals surface area contributed by atoms with Gasteiger partial charge in [-0.3, -0.25) is 24.5 Å². The number of nitrogens with one attached hydrogen (secondary N) is 2. The second-order valence-electron chi connectivity index (χ2n) is 8.98. The molecule has 0 bridgehead atoms. The number of nitrogens with zero attached hydrogens (tertiary/aromatic N) is 1. The second-order valence-corrected chi connectivity index (χ2v) is 8.98. The Morgan fingerprint density at radius 1 is 1.00 bits per heavy atom. The summed E-state index contributed by atoms with van der Waals surface area (Å²) >= 11 is 0. The topological polar surface area (TPSA) is 116 Å². The number of carbonyl (C=O) groups is 4. The molecule has 8 heteroatoms. The van der Waals surface area contributed by atoms with E-state index >= 15 is 0 Å². The summed E-state index contributed by atoms with van der Waals surface area (Å²) in [6, 6.07) is 5.05. The third kappa shape index (κ3) is 7.04. The molecular formula is C25H35N3O5. The summed E-state index contributed by atoms with van der Waals surface area (Å²) in [5.74, 6) is -1.52. The first-order valence-electron chi connectivity index (χ1n) is 12.2. The van der Waals surface area contributed by atoms with Crippen molar-refractivity contribution in [3.63, 3.8) is 0 Å². The monoisotopic (exact) mass is 457 g/mol. The van der Waals surface area contributed by atoms with Crippen LogP contribution in [-0.4, -0.2) is 46.3 Å². The maximum Gasteiger partial charge on any atom is 0.303 e. The zero-order valence-corrected chi connectivity index (χ0v) is 19.2. The normalized spacial score (nSPS) is 17.8. The van der Waals surface area contributed by atoms with Crippen molar-refractivity contribution in [2.24, 2.45) is 0 Å². The molecule has 2 heterocycles. The lowest BCUT2D eigenvalue weighted by Crippen LogP contribution is -2.52. The van der Waals surface area contributed by atoms with Crippen molar-refractivity contribution in [2.45, 2.75) is 89.6 Å². The fraction of sp³-hybridized carbons (Fsp3) is 0.600. The van der Waals surface area contributed by atoms with E-state index in [1.54, 1.807) is 11.0 Å². The maximum absolute atomic E-state index is 12.9. The van der Waals surface area contributed by atoms with Crippen LogP contribution in [0.4, 0.5) is 5.69 Å². The molecule has 2 aliphatic rings. The van der Waals surface area contributed by atoms with Crippen LogP contribution < -0.4 is 10.6 Å². The molecule has 8 nitrogen and oxygen atoms in total. The number of hydrogen-bond donors (Lipinski definition) is 3. The van der Waals surface area contributed by atoms with Gasteiger partial charge in [0.05, 0.1) is 0 Å². The summed E-state index contributed by atoms with van der Waals surface area (Å²) < 4.78 is 0. The van der Waals surface area contributed by atoms with Gasteiger partial charge in [-0.1, -0.05) is 51.0 Å². The summed E-state index contributed by atoms with van der Waals surface area (Å²) in [4.78, 5) is 48.6. The van der Waals surface area contributed by atoms with Gasteiger partial charge in [0.2, 0.25) is 11.8 Å². The zero-order chi connectivity index (χ0) is 23.6. The smallest absolute Gasteiger partial charge is 0.303 e. The van der Waals surface area contributed by atoms with Crippen LogP contribution in [0, 0.1) is 0 Å². The molecule has 1 aromatic rings. The average Bonchev–Trinajstić information content (AvgIpc) is 3.11. The molecule has 1 fully saturated rings. The molecule has 0 radical (unpaired) electrons. The maximum atomic E-state index is 12.9. The molecule has 0 aromatic heterocycles. The molecule has 1 atom stereocenters. The van der Waals surface area contributed by atoms with Crippen LogP contribution in [-0.2, 0) is 20.9 Å². The van der Waals surface area contributed by atoms with E-state index in [1.807, 2.05) is 12.1 Å². The Kier molecular flexibility index (Phi) is 9.27.